The molecular formula is C16H16ClN5O3. The van der Waals surface area contributed by atoms with E-state index in [1.807, 2.05) is 6.92 Å². The van der Waals surface area contributed by atoms with Crippen LogP contribution < -0.4 is 16.6 Å². The monoisotopic (exact) mass is 361 g/mol. The number of imidazole rings is 1. The van der Waals surface area contributed by atoms with Crippen molar-refractivity contribution in [2.75, 3.05) is 5.32 Å². The van der Waals surface area contributed by atoms with Crippen LogP contribution in [0.4, 0.5) is 5.69 Å². The van der Waals surface area contributed by atoms with Crippen LogP contribution in [0, 0.1) is 6.92 Å². The summed E-state index contributed by atoms with van der Waals surface area (Å²) in [6, 6.07) is 5.08. The molecule has 0 fully saturated rings. The summed E-state index contributed by atoms with van der Waals surface area (Å²) in [5.74, 6) is -0.499. The zero-order valence-electron chi connectivity index (χ0n) is 13.9. The van der Waals surface area contributed by atoms with E-state index in [2.05, 4.69) is 10.3 Å². The Morgan fingerprint density at radius 1 is 1.28 bits per heavy atom. The number of nitrogens with one attached hydrogen (secondary N) is 1. The lowest BCUT2D eigenvalue weighted by Gasteiger charge is -2.10. The zero-order valence-corrected chi connectivity index (χ0v) is 14.7. The Bertz CT molecular complexity index is 1110. The second-order valence-electron chi connectivity index (χ2n) is 5.77. The minimum Gasteiger partial charge on any atom is -0.328 e. The molecular weight excluding hydrogens is 346 g/mol. The Balaban J connectivity index is 1.96. The Labute approximate surface area is 147 Å². The number of fused-ring (bicyclic) bond motifs is 1. The summed E-state index contributed by atoms with van der Waals surface area (Å²) in [6.45, 7) is 1.44. The van der Waals surface area contributed by atoms with Gasteiger partial charge < -0.3 is 9.88 Å². The minimum atomic E-state index is -0.603. The molecule has 3 rings (SSSR count). The van der Waals surface area contributed by atoms with Gasteiger partial charge in [0.1, 0.15) is 6.54 Å². The molecule has 0 radical (unpaired) electrons. The molecule has 2 heterocycles. The quantitative estimate of drug-likeness (QED) is 0.754. The molecule has 0 bridgehead atoms. The third-order valence-electron chi connectivity index (χ3n) is 3.96. The maximum Gasteiger partial charge on any atom is 0.332 e. The summed E-state index contributed by atoms with van der Waals surface area (Å²) >= 11 is 6.03. The molecule has 0 atom stereocenters. The molecule has 8 nitrogen and oxygen atoms in total. The molecule has 25 heavy (non-hydrogen) atoms. The number of nitrogens with zero attached hydrogens (tertiary/aromatic N) is 4. The first kappa shape index (κ1) is 17.0. The van der Waals surface area contributed by atoms with Crippen molar-refractivity contribution in [2.24, 2.45) is 14.1 Å². The van der Waals surface area contributed by atoms with Crippen LogP contribution in [0.2, 0.25) is 5.02 Å². The van der Waals surface area contributed by atoms with Crippen LogP contribution in [0.5, 0.6) is 0 Å². The van der Waals surface area contributed by atoms with Crippen LogP contribution in [0.25, 0.3) is 11.2 Å². The van der Waals surface area contributed by atoms with E-state index in [0.717, 1.165) is 10.1 Å². The van der Waals surface area contributed by atoms with Crippen LogP contribution in [-0.2, 0) is 25.4 Å². The topological polar surface area (TPSA) is 90.9 Å². The Morgan fingerprint density at radius 3 is 2.68 bits per heavy atom. The van der Waals surface area contributed by atoms with Crippen molar-refractivity contribution < 1.29 is 4.79 Å². The van der Waals surface area contributed by atoms with Crippen molar-refractivity contribution >= 4 is 34.4 Å². The van der Waals surface area contributed by atoms with Gasteiger partial charge in [0.2, 0.25) is 5.91 Å². The predicted octanol–water partition coefficient (Wildman–Crippen LogP) is 1.03. The highest BCUT2D eigenvalue weighted by molar-refractivity contribution is 6.31. The number of halogens is 1. The fraction of sp³-hybridized carbons (Fsp3) is 0.250. The van der Waals surface area contributed by atoms with Crippen molar-refractivity contribution in [1.29, 1.82) is 0 Å². The fourth-order valence-corrected chi connectivity index (χ4v) is 2.73. The molecule has 1 aromatic carbocycles. The molecule has 2 aromatic heterocycles. The average Bonchev–Trinajstić information content (AvgIpc) is 2.95. The normalized spacial score (nSPS) is 11.0. The molecule has 0 aliphatic carbocycles. The van der Waals surface area contributed by atoms with Gasteiger partial charge in [-0.25, -0.2) is 14.3 Å². The first-order valence-corrected chi connectivity index (χ1v) is 7.84. The first-order valence-electron chi connectivity index (χ1n) is 7.46. The van der Waals surface area contributed by atoms with Crippen molar-refractivity contribution in [3.05, 3.63) is 56.0 Å². The predicted molar refractivity (Wildman–Crippen MR) is 95.0 cm³/mol. The van der Waals surface area contributed by atoms with E-state index < -0.39 is 23.7 Å². The molecule has 0 aliphatic heterocycles. The van der Waals surface area contributed by atoms with Crippen molar-refractivity contribution in [2.45, 2.75) is 13.5 Å². The second kappa shape index (κ2) is 6.21. The summed E-state index contributed by atoms with van der Waals surface area (Å²) in [4.78, 5) is 41.2. The number of carbonyl (C=O) groups excluding carboxylic acids is 1. The largest absolute Gasteiger partial charge is 0.332 e. The van der Waals surface area contributed by atoms with Gasteiger partial charge in [-0.05, 0) is 24.6 Å². The van der Waals surface area contributed by atoms with E-state index in [1.54, 1.807) is 25.2 Å². The maximum atomic E-state index is 12.6. The molecule has 0 aliphatic rings. The summed E-state index contributed by atoms with van der Waals surface area (Å²) in [5, 5.41) is 3.15. The summed E-state index contributed by atoms with van der Waals surface area (Å²) < 4.78 is 3.65. The Kier molecular flexibility index (Phi) is 4.22. The van der Waals surface area contributed by atoms with Gasteiger partial charge in [-0.3, -0.25) is 14.2 Å². The van der Waals surface area contributed by atoms with Crippen LogP contribution in [-0.4, -0.2) is 24.6 Å². The number of hydrogen-bond donors (Lipinski definition) is 1. The lowest BCUT2D eigenvalue weighted by atomic mass is 10.2. The van der Waals surface area contributed by atoms with Crippen LogP contribution in [0.15, 0.2) is 34.1 Å². The molecule has 3 aromatic rings. The molecule has 0 saturated heterocycles. The van der Waals surface area contributed by atoms with E-state index >= 15 is 0 Å². The minimum absolute atomic E-state index is 0.258. The van der Waals surface area contributed by atoms with Gasteiger partial charge in [-0.1, -0.05) is 17.7 Å². The molecule has 0 saturated carbocycles. The summed E-state index contributed by atoms with van der Waals surface area (Å²) in [6.07, 6.45) is 1.45. The van der Waals surface area contributed by atoms with E-state index in [4.69, 9.17) is 11.6 Å². The molecule has 0 spiro atoms. The van der Waals surface area contributed by atoms with Gasteiger partial charge in [0, 0.05) is 24.8 Å². The van der Waals surface area contributed by atoms with E-state index in [1.165, 1.54) is 22.5 Å². The van der Waals surface area contributed by atoms with Crippen molar-refractivity contribution in [3.63, 3.8) is 0 Å². The average molecular weight is 362 g/mol. The van der Waals surface area contributed by atoms with Gasteiger partial charge in [-0.15, -0.1) is 0 Å². The highest BCUT2D eigenvalue weighted by Crippen LogP contribution is 2.19. The smallest absolute Gasteiger partial charge is 0.328 e. The van der Waals surface area contributed by atoms with Gasteiger partial charge in [-0.2, -0.15) is 0 Å². The first-order chi connectivity index (χ1) is 11.8. The number of anilines is 1. The molecule has 130 valence electrons. The molecule has 1 amide bonds. The number of aromatic nitrogens is 4. The van der Waals surface area contributed by atoms with Crippen LogP contribution in [0.3, 0.4) is 0 Å². The zero-order chi connectivity index (χ0) is 18.3. The van der Waals surface area contributed by atoms with Gasteiger partial charge >= 0.3 is 5.69 Å². The highest BCUT2D eigenvalue weighted by atomic mass is 35.5. The van der Waals surface area contributed by atoms with Crippen LogP contribution in [0.1, 0.15) is 5.56 Å². The summed E-state index contributed by atoms with van der Waals surface area (Å²) in [5.41, 5.74) is 0.745. The van der Waals surface area contributed by atoms with Gasteiger partial charge in [0.25, 0.3) is 5.56 Å². The standard InChI is InChI=1S/C16H16ClN5O3/c1-9-4-5-10(6-11(9)17)19-12(23)7-22-15(24)13-14(18-8-20(13)2)21(3)16(22)25/h4-6,8H,7H2,1-3H3,(H,19,23). The molecule has 0 unspecified atom stereocenters. The highest BCUT2D eigenvalue weighted by Gasteiger charge is 2.17. The van der Waals surface area contributed by atoms with Crippen LogP contribution >= 0.6 is 11.6 Å². The third kappa shape index (κ3) is 2.96. The lowest BCUT2D eigenvalue weighted by molar-refractivity contribution is -0.116. The molecule has 1 N–H and O–H groups in total. The Morgan fingerprint density at radius 2 is 2.00 bits per heavy atom. The number of rotatable bonds is 3. The number of benzene rings is 1. The van der Waals surface area contributed by atoms with E-state index in [9.17, 15) is 14.4 Å². The third-order valence-corrected chi connectivity index (χ3v) is 4.37. The summed E-state index contributed by atoms with van der Waals surface area (Å²) in [7, 11) is 3.16. The maximum absolute atomic E-state index is 12.6. The SMILES string of the molecule is Cc1ccc(NC(=O)Cn2c(=O)c3c(ncn3C)n(C)c2=O)cc1Cl. The second-order valence-corrected chi connectivity index (χ2v) is 6.18. The fourth-order valence-electron chi connectivity index (χ4n) is 2.55. The van der Waals surface area contributed by atoms with Gasteiger partial charge in [0.15, 0.2) is 11.2 Å². The number of aryl methyl sites for hydroxylation is 3. The van der Waals surface area contributed by atoms with Gasteiger partial charge in [0.05, 0.1) is 6.33 Å². The van der Waals surface area contributed by atoms with E-state index in [-0.39, 0.29) is 11.2 Å². The number of carbonyl (C=O) groups is 1. The van der Waals surface area contributed by atoms with E-state index in [0.29, 0.717) is 10.7 Å². The van der Waals surface area contributed by atoms with Crippen molar-refractivity contribution in [1.82, 2.24) is 18.7 Å². The lowest BCUT2D eigenvalue weighted by Crippen LogP contribution is -2.42. The molecule has 9 heteroatoms. The number of hydrogen-bond acceptors (Lipinski definition) is 4. The Hall–Kier alpha value is -2.87. The number of amides is 1. The van der Waals surface area contributed by atoms with Crippen molar-refractivity contribution in [3.8, 4) is 0 Å².